The number of hydrazone groups is 1. The van der Waals surface area contributed by atoms with Crippen LogP contribution in [0, 0.1) is 0 Å². The maximum absolute atomic E-state index is 12.2. The Labute approximate surface area is 180 Å². The van der Waals surface area contributed by atoms with Crippen molar-refractivity contribution in [1.82, 2.24) is 10.3 Å². The molecular weight excluding hydrogens is 400 g/mol. The molecule has 9 heteroatoms. The van der Waals surface area contributed by atoms with Crippen molar-refractivity contribution < 1.29 is 23.9 Å². The summed E-state index contributed by atoms with van der Waals surface area (Å²) in [6.45, 7) is 1.45. The van der Waals surface area contributed by atoms with E-state index in [1.54, 1.807) is 53.4 Å². The zero-order chi connectivity index (χ0) is 22.1. The van der Waals surface area contributed by atoms with E-state index < -0.39 is 11.8 Å². The van der Waals surface area contributed by atoms with Crippen molar-refractivity contribution in [2.75, 3.05) is 32.1 Å². The highest BCUT2D eigenvalue weighted by Gasteiger charge is 2.18. The van der Waals surface area contributed by atoms with Gasteiger partial charge in [0.1, 0.15) is 11.5 Å². The van der Waals surface area contributed by atoms with Crippen molar-refractivity contribution in [2.45, 2.75) is 12.8 Å². The highest BCUT2D eigenvalue weighted by atomic mass is 16.5. The fourth-order valence-corrected chi connectivity index (χ4v) is 3.05. The molecule has 0 aliphatic carbocycles. The standard InChI is InChI=1S/C22H24N4O5/c1-30-19-11-5-3-9-17(19)24-21(28)22(29)25-23-14-16-8-2-4-10-18(16)31-15-20(27)26-12-6-7-13-26/h2-5,8-11,14H,6-7,12-13,15H2,1H3,(H,24,28)(H,25,29)/b23-14-. The number of anilines is 1. The Balaban J connectivity index is 1.54. The number of amides is 3. The molecule has 2 aromatic rings. The first kappa shape index (κ1) is 21.8. The summed E-state index contributed by atoms with van der Waals surface area (Å²) < 4.78 is 10.8. The normalized spacial score (nSPS) is 13.1. The second-order valence-corrected chi connectivity index (χ2v) is 6.77. The summed E-state index contributed by atoms with van der Waals surface area (Å²) in [6.07, 6.45) is 3.38. The number of hydrogen-bond donors (Lipinski definition) is 2. The van der Waals surface area contributed by atoms with Crippen molar-refractivity contribution in [1.29, 1.82) is 0 Å². The van der Waals surface area contributed by atoms with Gasteiger partial charge in [-0.1, -0.05) is 24.3 Å². The number of rotatable bonds is 7. The molecule has 1 heterocycles. The predicted octanol–water partition coefficient (Wildman–Crippen LogP) is 1.79. The van der Waals surface area contributed by atoms with E-state index in [1.165, 1.54) is 13.3 Å². The average molecular weight is 424 g/mol. The average Bonchev–Trinajstić information content (AvgIpc) is 3.33. The lowest BCUT2D eigenvalue weighted by Crippen LogP contribution is -2.32. The van der Waals surface area contributed by atoms with Gasteiger partial charge < -0.3 is 19.7 Å². The third kappa shape index (κ3) is 6.05. The topological polar surface area (TPSA) is 109 Å². The molecule has 0 bridgehead atoms. The van der Waals surface area contributed by atoms with Crippen LogP contribution in [0.2, 0.25) is 0 Å². The highest BCUT2D eigenvalue weighted by Crippen LogP contribution is 2.22. The number of nitrogens with zero attached hydrogens (tertiary/aromatic N) is 2. The first-order valence-corrected chi connectivity index (χ1v) is 9.85. The quantitative estimate of drug-likeness (QED) is 0.400. The Hall–Kier alpha value is -3.88. The minimum Gasteiger partial charge on any atom is -0.495 e. The van der Waals surface area contributed by atoms with E-state index in [9.17, 15) is 14.4 Å². The molecule has 0 atom stereocenters. The van der Waals surface area contributed by atoms with E-state index >= 15 is 0 Å². The summed E-state index contributed by atoms with van der Waals surface area (Å²) in [5.74, 6) is -1.01. The lowest BCUT2D eigenvalue weighted by molar-refractivity contribution is -0.136. The second-order valence-electron chi connectivity index (χ2n) is 6.77. The number of methoxy groups -OCH3 is 1. The summed E-state index contributed by atoms with van der Waals surface area (Å²) in [5, 5.41) is 6.28. The molecule has 3 amide bonds. The number of benzene rings is 2. The van der Waals surface area contributed by atoms with Crippen LogP contribution >= 0.6 is 0 Å². The molecule has 0 radical (unpaired) electrons. The van der Waals surface area contributed by atoms with Crippen LogP contribution in [-0.4, -0.2) is 55.6 Å². The molecule has 1 aliphatic rings. The zero-order valence-corrected chi connectivity index (χ0v) is 17.2. The molecule has 0 aromatic heterocycles. The van der Waals surface area contributed by atoms with Crippen LogP contribution in [0.1, 0.15) is 18.4 Å². The minimum atomic E-state index is -0.940. The molecule has 0 unspecified atom stereocenters. The summed E-state index contributed by atoms with van der Waals surface area (Å²) in [4.78, 5) is 38.0. The summed E-state index contributed by atoms with van der Waals surface area (Å²) in [5.41, 5.74) is 3.10. The number of para-hydroxylation sites is 3. The van der Waals surface area contributed by atoms with Gasteiger partial charge in [0.2, 0.25) is 0 Å². The van der Waals surface area contributed by atoms with Gasteiger partial charge in [0, 0.05) is 18.7 Å². The molecule has 0 saturated carbocycles. The van der Waals surface area contributed by atoms with Gasteiger partial charge in [-0.15, -0.1) is 0 Å². The second kappa shape index (κ2) is 10.8. The van der Waals surface area contributed by atoms with Gasteiger partial charge in [-0.05, 0) is 37.1 Å². The van der Waals surface area contributed by atoms with Gasteiger partial charge in [-0.3, -0.25) is 14.4 Å². The van der Waals surface area contributed by atoms with Crippen LogP contribution in [0.4, 0.5) is 5.69 Å². The van der Waals surface area contributed by atoms with E-state index in [4.69, 9.17) is 9.47 Å². The smallest absolute Gasteiger partial charge is 0.329 e. The largest absolute Gasteiger partial charge is 0.495 e. The molecule has 162 valence electrons. The fourth-order valence-electron chi connectivity index (χ4n) is 3.05. The van der Waals surface area contributed by atoms with Crippen LogP contribution in [0.5, 0.6) is 11.5 Å². The molecule has 9 nitrogen and oxygen atoms in total. The Morgan fingerprint density at radius 2 is 1.68 bits per heavy atom. The fraction of sp³-hybridized carbons (Fsp3) is 0.273. The maximum atomic E-state index is 12.2. The number of nitrogens with one attached hydrogen (secondary N) is 2. The minimum absolute atomic E-state index is 0.0643. The third-order valence-electron chi connectivity index (χ3n) is 4.66. The van der Waals surface area contributed by atoms with Crippen LogP contribution in [-0.2, 0) is 14.4 Å². The highest BCUT2D eigenvalue weighted by molar-refractivity contribution is 6.39. The Bertz CT molecular complexity index is 970. The van der Waals surface area contributed by atoms with Crippen molar-refractivity contribution in [3.8, 4) is 11.5 Å². The molecule has 2 aromatic carbocycles. The Kier molecular flexibility index (Phi) is 7.58. The molecule has 1 saturated heterocycles. The first-order valence-electron chi connectivity index (χ1n) is 9.85. The van der Waals surface area contributed by atoms with Crippen molar-refractivity contribution in [3.63, 3.8) is 0 Å². The molecular formula is C22H24N4O5. The van der Waals surface area contributed by atoms with E-state index in [1.807, 2.05) is 0 Å². The molecule has 2 N–H and O–H groups in total. The molecule has 1 aliphatic heterocycles. The van der Waals surface area contributed by atoms with Crippen LogP contribution < -0.4 is 20.2 Å². The van der Waals surface area contributed by atoms with E-state index in [2.05, 4.69) is 15.8 Å². The number of hydrogen-bond acceptors (Lipinski definition) is 6. The monoisotopic (exact) mass is 424 g/mol. The van der Waals surface area contributed by atoms with E-state index in [-0.39, 0.29) is 12.5 Å². The first-order chi connectivity index (χ1) is 15.1. The van der Waals surface area contributed by atoms with Crippen LogP contribution in [0.3, 0.4) is 0 Å². The Morgan fingerprint density at radius 3 is 2.42 bits per heavy atom. The van der Waals surface area contributed by atoms with Gasteiger partial charge in [0.05, 0.1) is 19.0 Å². The van der Waals surface area contributed by atoms with Gasteiger partial charge in [-0.2, -0.15) is 5.10 Å². The summed E-state index contributed by atoms with van der Waals surface area (Å²) >= 11 is 0. The van der Waals surface area contributed by atoms with Gasteiger partial charge in [-0.25, -0.2) is 5.43 Å². The van der Waals surface area contributed by atoms with Gasteiger partial charge >= 0.3 is 11.8 Å². The number of carbonyl (C=O) groups excluding carboxylic acids is 3. The van der Waals surface area contributed by atoms with Crippen molar-refractivity contribution in [2.24, 2.45) is 5.10 Å². The number of ether oxygens (including phenoxy) is 2. The third-order valence-corrected chi connectivity index (χ3v) is 4.66. The molecule has 0 spiro atoms. The lowest BCUT2D eigenvalue weighted by Gasteiger charge is -2.16. The SMILES string of the molecule is COc1ccccc1NC(=O)C(=O)N/N=C\c1ccccc1OCC(=O)N1CCCC1. The molecule has 1 fully saturated rings. The Morgan fingerprint density at radius 1 is 1.00 bits per heavy atom. The van der Waals surface area contributed by atoms with Crippen LogP contribution in [0.15, 0.2) is 53.6 Å². The van der Waals surface area contributed by atoms with Gasteiger partial charge in [0.25, 0.3) is 5.91 Å². The summed E-state index contributed by atoms with van der Waals surface area (Å²) in [7, 11) is 1.47. The maximum Gasteiger partial charge on any atom is 0.329 e. The molecule has 31 heavy (non-hydrogen) atoms. The number of likely N-dealkylation sites (tertiary alicyclic amines) is 1. The zero-order valence-electron chi connectivity index (χ0n) is 17.2. The van der Waals surface area contributed by atoms with Crippen molar-refractivity contribution in [3.05, 3.63) is 54.1 Å². The van der Waals surface area contributed by atoms with E-state index in [0.29, 0.717) is 22.7 Å². The van der Waals surface area contributed by atoms with E-state index in [0.717, 1.165) is 25.9 Å². The lowest BCUT2D eigenvalue weighted by atomic mass is 10.2. The van der Waals surface area contributed by atoms with Gasteiger partial charge in [0.15, 0.2) is 6.61 Å². The number of carbonyl (C=O) groups is 3. The molecule has 3 rings (SSSR count). The van der Waals surface area contributed by atoms with Crippen LogP contribution in [0.25, 0.3) is 0 Å². The van der Waals surface area contributed by atoms with Crippen molar-refractivity contribution >= 4 is 29.6 Å². The summed E-state index contributed by atoms with van der Waals surface area (Å²) in [6, 6.07) is 13.7. The predicted molar refractivity (Wildman–Crippen MR) is 115 cm³/mol.